The number of hydrogen-bond donors (Lipinski definition) is 1. The quantitative estimate of drug-likeness (QED) is 0.312. The van der Waals surface area contributed by atoms with Gasteiger partial charge in [0, 0.05) is 16.5 Å². The highest BCUT2D eigenvalue weighted by Crippen LogP contribution is 2.64. The van der Waals surface area contributed by atoms with Gasteiger partial charge >= 0.3 is 0 Å². The summed E-state index contributed by atoms with van der Waals surface area (Å²) in [6, 6.07) is 22.7. The van der Waals surface area contributed by atoms with E-state index in [0.29, 0.717) is 11.4 Å². The van der Waals surface area contributed by atoms with Gasteiger partial charge in [0.15, 0.2) is 0 Å². The summed E-state index contributed by atoms with van der Waals surface area (Å²) in [4.78, 5) is 7.46. The van der Waals surface area contributed by atoms with Crippen LogP contribution in [-0.4, -0.2) is 17.2 Å². The highest BCUT2D eigenvalue weighted by molar-refractivity contribution is 6.30. The van der Waals surface area contributed by atoms with Crippen LogP contribution in [0.15, 0.2) is 65.7 Å². The fraction of sp³-hybridized carbons (Fsp3) is 0.344. The van der Waals surface area contributed by atoms with Crippen LogP contribution in [0.2, 0.25) is 0 Å². The monoisotopic (exact) mass is 476 g/mol. The third-order valence-electron chi connectivity index (χ3n) is 7.89. The average Bonchev–Trinajstić information content (AvgIpc) is 3.53. The van der Waals surface area contributed by atoms with Crippen molar-refractivity contribution in [1.29, 1.82) is 10.7 Å². The van der Waals surface area contributed by atoms with Crippen molar-refractivity contribution in [2.24, 2.45) is 4.99 Å². The fourth-order valence-electron chi connectivity index (χ4n) is 5.89. The molecular weight excluding hydrogens is 440 g/mol. The van der Waals surface area contributed by atoms with Crippen molar-refractivity contribution >= 4 is 17.4 Å². The molecule has 5 rings (SSSR count). The average molecular weight is 477 g/mol. The molecule has 4 nitrogen and oxygen atoms in total. The molecule has 4 heteroatoms. The van der Waals surface area contributed by atoms with Gasteiger partial charge in [0.2, 0.25) is 0 Å². The summed E-state index contributed by atoms with van der Waals surface area (Å²) in [7, 11) is 0. The Kier molecular flexibility index (Phi) is 6.62. The minimum Gasteiger partial charge on any atom is -0.283 e. The fourth-order valence-corrected chi connectivity index (χ4v) is 5.89. The van der Waals surface area contributed by atoms with E-state index in [1.54, 1.807) is 0 Å². The Morgan fingerprint density at radius 3 is 2.22 bits per heavy atom. The van der Waals surface area contributed by atoms with E-state index in [0.717, 1.165) is 52.2 Å². The minimum atomic E-state index is -0.143. The van der Waals surface area contributed by atoms with Crippen LogP contribution in [0, 0.1) is 37.5 Å². The van der Waals surface area contributed by atoms with Crippen molar-refractivity contribution in [1.82, 2.24) is 0 Å². The number of amidine groups is 2. The lowest BCUT2D eigenvalue weighted by Crippen LogP contribution is -2.43. The van der Waals surface area contributed by atoms with Crippen LogP contribution in [0.25, 0.3) is 0 Å². The van der Waals surface area contributed by atoms with Crippen molar-refractivity contribution in [3.8, 4) is 6.07 Å². The molecule has 0 radical (unpaired) electrons. The lowest BCUT2D eigenvalue weighted by molar-refractivity contribution is 0.541. The van der Waals surface area contributed by atoms with Crippen molar-refractivity contribution in [3.63, 3.8) is 0 Å². The van der Waals surface area contributed by atoms with Gasteiger partial charge in [-0.05, 0) is 68.0 Å². The molecule has 1 N–H and O–H groups in total. The maximum atomic E-state index is 9.52. The number of aliphatic imine (C=N–C) groups is 1. The SMILES string of the molecule is CC.CC[C@]12CC1(C)c1ccccc1C(N(C(=N)c1ccccc1C)c1c(C)cc(C#N)cc1C)=N2. The molecule has 0 amide bonds. The number of anilines is 1. The van der Waals surface area contributed by atoms with Gasteiger partial charge in [0.1, 0.15) is 11.7 Å². The largest absolute Gasteiger partial charge is 0.283 e. The normalized spacial score (nSPS) is 21.1. The summed E-state index contributed by atoms with van der Waals surface area (Å²) in [5, 5.41) is 19.0. The van der Waals surface area contributed by atoms with E-state index in [1.807, 2.05) is 75.9 Å². The summed E-state index contributed by atoms with van der Waals surface area (Å²) >= 11 is 0. The number of nitriles is 1. The van der Waals surface area contributed by atoms with E-state index in [1.165, 1.54) is 5.56 Å². The van der Waals surface area contributed by atoms with Crippen LogP contribution in [-0.2, 0) is 5.41 Å². The first-order chi connectivity index (χ1) is 17.3. The molecule has 0 saturated heterocycles. The highest BCUT2D eigenvalue weighted by atomic mass is 15.3. The van der Waals surface area contributed by atoms with Gasteiger partial charge in [0.05, 0.1) is 22.9 Å². The van der Waals surface area contributed by atoms with Crippen molar-refractivity contribution in [3.05, 3.63) is 99.6 Å². The Labute approximate surface area is 215 Å². The molecule has 0 spiro atoms. The molecule has 1 aliphatic carbocycles. The molecule has 1 aliphatic heterocycles. The molecule has 1 fully saturated rings. The van der Waals surface area contributed by atoms with E-state index in [9.17, 15) is 10.7 Å². The molecule has 0 bridgehead atoms. The molecule has 184 valence electrons. The minimum absolute atomic E-state index is 0.0348. The van der Waals surface area contributed by atoms with Crippen LogP contribution in [0.4, 0.5) is 5.69 Å². The summed E-state index contributed by atoms with van der Waals surface area (Å²) < 4.78 is 0. The predicted molar refractivity (Wildman–Crippen MR) is 150 cm³/mol. The molecule has 1 heterocycles. The highest BCUT2D eigenvalue weighted by Gasteiger charge is 2.67. The maximum absolute atomic E-state index is 9.52. The lowest BCUT2D eigenvalue weighted by Gasteiger charge is -2.36. The summed E-state index contributed by atoms with van der Waals surface area (Å²) in [5.41, 5.74) is 7.70. The molecule has 1 unspecified atom stereocenters. The van der Waals surface area contributed by atoms with Gasteiger partial charge in [-0.15, -0.1) is 0 Å². The number of rotatable bonds is 3. The Hall–Kier alpha value is -3.71. The summed E-state index contributed by atoms with van der Waals surface area (Å²) in [6.45, 7) is 14.6. The van der Waals surface area contributed by atoms with Crippen LogP contribution < -0.4 is 4.90 Å². The Morgan fingerprint density at radius 2 is 1.61 bits per heavy atom. The second-order valence-electron chi connectivity index (χ2n) is 9.94. The van der Waals surface area contributed by atoms with E-state index in [4.69, 9.17) is 4.99 Å². The second-order valence-corrected chi connectivity index (χ2v) is 9.94. The topological polar surface area (TPSA) is 63.2 Å². The van der Waals surface area contributed by atoms with Crippen LogP contribution in [0.3, 0.4) is 0 Å². The number of nitrogens with zero attached hydrogens (tertiary/aromatic N) is 3. The number of benzene rings is 3. The smallest absolute Gasteiger partial charge is 0.142 e. The standard InChI is InChI=1S/C30H30N4.C2H6/c1-6-30-18-29(30,5)25-14-10-9-13-24(25)28(33-30)34(27(32)23-12-8-7-11-19(23)2)26-20(3)15-22(17-31)16-21(26)4;1-2/h7-16,32H,6,18H2,1-5H3;1-2H3/t29?,30-;/m0./s1. The zero-order valence-electron chi connectivity index (χ0n) is 22.5. The van der Waals surface area contributed by atoms with Gasteiger partial charge in [-0.25, -0.2) is 0 Å². The van der Waals surface area contributed by atoms with Crippen LogP contribution in [0.1, 0.15) is 79.5 Å². The van der Waals surface area contributed by atoms with E-state index in [2.05, 4.69) is 44.2 Å². The molecule has 3 aromatic rings. The first-order valence-electron chi connectivity index (χ1n) is 12.9. The van der Waals surface area contributed by atoms with E-state index >= 15 is 0 Å². The third-order valence-corrected chi connectivity index (χ3v) is 7.89. The second kappa shape index (κ2) is 9.39. The number of aryl methyl sites for hydroxylation is 3. The van der Waals surface area contributed by atoms with Crippen LogP contribution in [0.5, 0.6) is 0 Å². The van der Waals surface area contributed by atoms with Gasteiger partial charge in [0.25, 0.3) is 0 Å². The molecule has 2 aliphatic rings. The van der Waals surface area contributed by atoms with Gasteiger partial charge in [-0.1, -0.05) is 76.2 Å². The maximum Gasteiger partial charge on any atom is 0.142 e. The van der Waals surface area contributed by atoms with Crippen molar-refractivity contribution in [2.75, 3.05) is 4.90 Å². The first kappa shape index (κ1) is 25.4. The summed E-state index contributed by atoms with van der Waals surface area (Å²) in [5.74, 6) is 1.23. The molecule has 0 aromatic heterocycles. The number of nitrogens with one attached hydrogen (secondary N) is 1. The van der Waals surface area contributed by atoms with Gasteiger partial charge in [-0.3, -0.25) is 15.3 Å². The number of fused-ring (bicyclic) bond motifs is 3. The zero-order chi connectivity index (χ0) is 26.3. The Balaban J connectivity index is 0.00000148. The van der Waals surface area contributed by atoms with Crippen molar-refractivity contribution < 1.29 is 0 Å². The predicted octanol–water partition coefficient (Wildman–Crippen LogP) is 7.61. The molecule has 2 atom stereocenters. The first-order valence-corrected chi connectivity index (χ1v) is 12.9. The molecular formula is C32H36N4. The number of hydrogen-bond acceptors (Lipinski definition) is 3. The third kappa shape index (κ3) is 3.75. The van der Waals surface area contributed by atoms with Gasteiger partial charge < -0.3 is 0 Å². The van der Waals surface area contributed by atoms with Crippen molar-refractivity contribution in [2.45, 2.75) is 72.3 Å². The van der Waals surface area contributed by atoms with E-state index < -0.39 is 0 Å². The van der Waals surface area contributed by atoms with Gasteiger partial charge in [-0.2, -0.15) is 5.26 Å². The molecule has 1 saturated carbocycles. The van der Waals surface area contributed by atoms with Crippen LogP contribution >= 0.6 is 0 Å². The molecule has 3 aromatic carbocycles. The Bertz CT molecular complexity index is 1390. The Morgan fingerprint density at radius 1 is 1.00 bits per heavy atom. The summed E-state index contributed by atoms with van der Waals surface area (Å²) in [6.07, 6.45) is 1.98. The lowest BCUT2D eigenvalue weighted by atomic mass is 9.84. The zero-order valence-corrected chi connectivity index (χ0v) is 22.5. The molecule has 36 heavy (non-hydrogen) atoms. The van der Waals surface area contributed by atoms with E-state index in [-0.39, 0.29) is 11.0 Å².